The van der Waals surface area contributed by atoms with Crippen molar-refractivity contribution in [3.63, 3.8) is 0 Å². The van der Waals surface area contributed by atoms with Crippen LogP contribution in [0, 0.1) is 0 Å². The molecule has 0 saturated heterocycles. The molecule has 0 unspecified atom stereocenters. The van der Waals surface area contributed by atoms with E-state index in [-0.39, 0.29) is 0 Å². The van der Waals surface area contributed by atoms with E-state index in [1.807, 2.05) is 12.1 Å². The van der Waals surface area contributed by atoms with E-state index in [2.05, 4.69) is 32.8 Å². The summed E-state index contributed by atoms with van der Waals surface area (Å²) in [5.74, 6) is 0.690. The van der Waals surface area contributed by atoms with Gasteiger partial charge in [0, 0.05) is 17.2 Å². The van der Waals surface area contributed by atoms with Gasteiger partial charge in [0.15, 0.2) is 0 Å². The molecular formula is C11H16BrN3O. The lowest BCUT2D eigenvalue weighted by Gasteiger charge is -2.08. The predicted molar refractivity (Wildman–Crippen MR) is 70.5 cm³/mol. The number of anilines is 2. The first-order chi connectivity index (χ1) is 7.74. The molecule has 0 aromatic carbocycles. The fraction of sp³-hybridized carbons (Fsp3) is 0.364. The monoisotopic (exact) mass is 285 g/mol. The molecule has 0 radical (unpaired) electrons. The summed E-state index contributed by atoms with van der Waals surface area (Å²) in [5, 5.41) is 3.11. The van der Waals surface area contributed by atoms with Gasteiger partial charge in [-0.1, -0.05) is 6.08 Å². The molecule has 16 heavy (non-hydrogen) atoms. The Kier molecular flexibility index (Phi) is 5.88. The van der Waals surface area contributed by atoms with E-state index in [0.717, 1.165) is 10.9 Å². The summed E-state index contributed by atoms with van der Waals surface area (Å²) in [5.41, 5.74) is 6.40. The molecule has 4 nitrogen and oxygen atoms in total. The number of rotatable bonds is 7. The Morgan fingerprint density at radius 3 is 3.06 bits per heavy atom. The maximum atomic E-state index is 5.77. The Labute approximate surface area is 104 Å². The number of nitrogen functional groups attached to an aromatic ring is 1. The molecule has 88 valence electrons. The van der Waals surface area contributed by atoms with Crippen molar-refractivity contribution in [1.29, 1.82) is 0 Å². The normalized spacial score (nSPS) is 10.1. The van der Waals surface area contributed by atoms with E-state index >= 15 is 0 Å². The van der Waals surface area contributed by atoms with Gasteiger partial charge in [-0.15, -0.1) is 6.58 Å². The number of nitrogens with two attached hydrogens (primary N) is 1. The Morgan fingerprint density at radius 1 is 1.56 bits per heavy atom. The van der Waals surface area contributed by atoms with Gasteiger partial charge in [0.1, 0.15) is 5.82 Å². The van der Waals surface area contributed by atoms with Crippen LogP contribution >= 0.6 is 15.9 Å². The van der Waals surface area contributed by atoms with E-state index in [0.29, 0.717) is 31.3 Å². The quantitative estimate of drug-likeness (QED) is 0.597. The maximum Gasteiger partial charge on any atom is 0.149 e. The lowest BCUT2D eigenvalue weighted by Crippen LogP contribution is -2.12. The summed E-state index contributed by atoms with van der Waals surface area (Å²) < 4.78 is 6.22. The second-order valence-corrected chi connectivity index (χ2v) is 4.12. The van der Waals surface area contributed by atoms with Gasteiger partial charge in [0.05, 0.1) is 18.9 Å². The number of aromatic nitrogens is 1. The van der Waals surface area contributed by atoms with Crippen molar-refractivity contribution in [3.05, 3.63) is 29.4 Å². The molecule has 1 aromatic rings. The second kappa shape index (κ2) is 7.24. The first-order valence-electron chi connectivity index (χ1n) is 5.07. The van der Waals surface area contributed by atoms with Crippen LogP contribution in [0.2, 0.25) is 0 Å². The highest BCUT2D eigenvalue weighted by atomic mass is 79.9. The highest BCUT2D eigenvalue weighted by Crippen LogP contribution is 2.19. The van der Waals surface area contributed by atoms with Gasteiger partial charge < -0.3 is 15.8 Å². The van der Waals surface area contributed by atoms with E-state index < -0.39 is 0 Å². The molecule has 1 rings (SSSR count). The van der Waals surface area contributed by atoms with Crippen molar-refractivity contribution < 1.29 is 4.74 Å². The van der Waals surface area contributed by atoms with Crippen molar-refractivity contribution >= 4 is 27.4 Å². The third kappa shape index (κ3) is 4.63. The fourth-order valence-electron chi connectivity index (χ4n) is 1.11. The SMILES string of the molecule is C=CCCOCCNc1ncc(Br)cc1N. The van der Waals surface area contributed by atoms with Crippen LogP contribution in [0.5, 0.6) is 0 Å². The molecule has 0 aliphatic heterocycles. The van der Waals surface area contributed by atoms with Gasteiger partial charge in [-0.3, -0.25) is 0 Å². The minimum atomic E-state index is 0.625. The molecule has 0 atom stereocenters. The predicted octanol–water partition coefficient (Wildman–Crippen LogP) is 2.43. The minimum absolute atomic E-state index is 0.625. The van der Waals surface area contributed by atoms with Gasteiger partial charge in [0.2, 0.25) is 0 Å². The maximum absolute atomic E-state index is 5.77. The van der Waals surface area contributed by atoms with E-state index in [1.165, 1.54) is 0 Å². The Morgan fingerprint density at radius 2 is 2.38 bits per heavy atom. The van der Waals surface area contributed by atoms with E-state index in [4.69, 9.17) is 10.5 Å². The van der Waals surface area contributed by atoms with Gasteiger partial charge in [-0.2, -0.15) is 0 Å². The third-order valence-corrected chi connectivity index (χ3v) is 2.32. The Hall–Kier alpha value is -1.07. The molecule has 0 aliphatic rings. The van der Waals surface area contributed by atoms with Gasteiger partial charge in [0.25, 0.3) is 0 Å². The van der Waals surface area contributed by atoms with Crippen LogP contribution in [0.3, 0.4) is 0 Å². The Bertz CT molecular complexity index is 344. The van der Waals surface area contributed by atoms with Crippen LogP contribution in [0.15, 0.2) is 29.4 Å². The molecule has 0 amide bonds. The van der Waals surface area contributed by atoms with Crippen LogP contribution in [-0.2, 0) is 4.74 Å². The molecular weight excluding hydrogens is 270 g/mol. The lowest BCUT2D eigenvalue weighted by atomic mass is 10.4. The molecule has 5 heteroatoms. The molecule has 0 fully saturated rings. The van der Waals surface area contributed by atoms with Crippen LogP contribution < -0.4 is 11.1 Å². The van der Waals surface area contributed by atoms with E-state index in [9.17, 15) is 0 Å². The summed E-state index contributed by atoms with van der Waals surface area (Å²) in [7, 11) is 0. The number of nitrogens with zero attached hydrogens (tertiary/aromatic N) is 1. The molecule has 0 spiro atoms. The largest absolute Gasteiger partial charge is 0.396 e. The molecule has 0 bridgehead atoms. The smallest absolute Gasteiger partial charge is 0.149 e. The number of nitrogens with one attached hydrogen (secondary N) is 1. The summed E-state index contributed by atoms with van der Waals surface area (Å²) >= 11 is 3.30. The minimum Gasteiger partial charge on any atom is -0.396 e. The molecule has 0 aliphatic carbocycles. The van der Waals surface area contributed by atoms with E-state index in [1.54, 1.807) is 6.20 Å². The van der Waals surface area contributed by atoms with Crippen LogP contribution in [0.1, 0.15) is 6.42 Å². The molecule has 1 heterocycles. The zero-order chi connectivity index (χ0) is 11.8. The second-order valence-electron chi connectivity index (χ2n) is 3.21. The Balaban J connectivity index is 2.24. The van der Waals surface area contributed by atoms with Crippen molar-refractivity contribution in [2.24, 2.45) is 0 Å². The first-order valence-corrected chi connectivity index (χ1v) is 5.87. The van der Waals surface area contributed by atoms with Crippen LogP contribution in [-0.4, -0.2) is 24.7 Å². The zero-order valence-electron chi connectivity index (χ0n) is 9.08. The highest BCUT2D eigenvalue weighted by molar-refractivity contribution is 9.10. The summed E-state index contributed by atoms with van der Waals surface area (Å²) in [6.07, 6.45) is 4.41. The van der Waals surface area contributed by atoms with Gasteiger partial charge in [-0.25, -0.2) is 4.98 Å². The summed E-state index contributed by atoms with van der Waals surface area (Å²) in [4.78, 5) is 4.16. The van der Waals surface area contributed by atoms with Gasteiger partial charge >= 0.3 is 0 Å². The van der Waals surface area contributed by atoms with Crippen molar-refractivity contribution in [3.8, 4) is 0 Å². The van der Waals surface area contributed by atoms with Crippen LogP contribution in [0.25, 0.3) is 0 Å². The third-order valence-electron chi connectivity index (χ3n) is 1.89. The number of halogens is 1. The molecule has 1 aromatic heterocycles. The number of hydrogen-bond donors (Lipinski definition) is 2. The first kappa shape index (κ1) is 13.0. The lowest BCUT2D eigenvalue weighted by molar-refractivity contribution is 0.149. The highest BCUT2D eigenvalue weighted by Gasteiger charge is 1.99. The van der Waals surface area contributed by atoms with Crippen LogP contribution in [0.4, 0.5) is 11.5 Å². The number of ether oxygens (including phenoxy) is 1. The standard InChI is InChI=1S/C11H16BrN3O/c1-2-3-5-16-6-4-14-11-10(13)7-9(12)8-15-11/h2,7-8H,1,3-6,13H2,(H,14,15). The molecule has 0 saturated carbocycles. The number of hydrogen-bond acceptors (Lipinski definition) is 4. The van der Waals surface area contributed by atoms with Crippen molar-refractivity contribution in [2.45, 2.75) is 6.42 Å². The molecule has 3 N–H and O–H groups in total. The van der Waals surface area contributed by atoms with Crippen molar-refractivity contribution in [2.75, 3.05) is 30.8 Å². The zero-order valence-corrected chi connectivity index (χ0v) is 10.7. The van der Waals surface area contributed by atoms with Gasteiger partial charge in [-0.05, 0) is 28.4 Å². The summed E-state index contributed by atoms with van der Waals surface area (Å²) in [6.45, 7) is 5.64. The average Bonchev–Trinajstić information content (AvgIpc) is 2.26. The van der Waals surface area contributed by atoms with Crippen molar-refractivity contribution in [1.82, 2.24) is 4.98 Å². The average molecular weight is 286 g/mol. The number of pyridine rings is 1. The fourth-order valence-corrected chi connectivity index (χ4v) is 1.46. The topological polar surface area (TPSA) is 60.2 Å². The summed E-state index contributed by atoms with van der Waals surface area (Å²) in [6, 6.07) is 1.81.